The summed E-state index contributed by atoms with van der Waals surface area (Å²) in [6.07, 6.45) is 5.46. The van der Waals surface area contributed by atoms with Crippen molar-refractivity contribution in [3.63, 3.8) is 0 Å². The SMILES string of the molecule is Cc1nc(CNC2CCN3CCCC3C2)cs1. The minimum absolute atomic E-state index is 0.705. The number of hydrogen-bond donors (Lipinski definition) is 1. The van der Waals surface area contributed by atoms with Crippen molar-refractivity contribution in [3.05, 3.63) is 16.1 Å². The first-order valence-corrected chi connectivity index (χ1v) is 7.57. The number of nitrogens with one attached hydrogen (secondary N) is 1. The van der Waals surface area contributed by atoms with Crippen LogP contribution in [0.1, 0.15) is 36.4 Å². The second kappa shape index (κ2) is 5.04. The lowest BCUT2D eigenvalue weighted by molar-refractivity contribution is 0.166. The molecule has 2 aliphatic rings. The first-order valence-electron chi connectivity index (χ1n) is 6.70. The highest BCUT2D eigenvalue weighted by Crippen LogP contribution is 2.26. The van der Waals surface area contributed by atoms with Gasteiger partial charge >= 0.3 is 0 Å². The summed E-state index contributed by atoms with van der Waals surface area (Å²) in [5, 5.41) is 7.03. The number of thiazole rings is 1. The number of nitrogens with zero attached hydrogens (tertiary/aromatic N) is 2. The zero-order valence-electron chi connectivity index (χ0n) is 10.5. The van der Waals surface area contributed by atoms with Gasteiger partial charge in [-0.2, -0.15) is 0 Å². The third-order valence-corrected chi connectivity index (χ3v) is 4.88. The van der Waals surface area contributed by atoms with Gasteiger partial charge in [0.05, 0.1) is 10.7 Å². The number of aromatic nitrogens is 1. The standard InChI is InChI=1S/C13H21N3S/c1-10-15-12(9-17-10)8-14-11-4-6-16-5-2-3-13(16)7-11/h9,11,13-14H,2-8H2,1H3. The Morgan fingerprint density at radius 2 is 2.41 bits per heavy atom. The van der Waals surface area contributed by atoms with Gasteiger partial charge in [-0.15, -0.1) is 11.3 Å². The van der Waals surface area contributed by atoms with E-state index in [-0.39, 0.29) is 0 Å². The Labute approximate surface area is 107 Å². The highest BCUT2D eigenvalue weighted by molar-refractivity contribution is 7.09. The molecule has 2 saturated heterocycles. The minimum Gasteiger partial charge on any atom is -0.308 e. The predicted molar refractivity (Wildman–Crippen MR) is 71.3 cm³/mol. The van der Waals surface area contributed by atoms with Crippen LogP contribution in [0.15, 0.2) is 5.38 Å². The van der Waals surface area contributed by atoms with Gasteiger partial charge in [-0.1, -0.05) is 0 Å². The molecular weight excluding hydrogens is 230 g/mol. The Balaban J connectivity index is 1.49. The quantitative estimate of drug-likeness (QED) is 0.892. The van der Waals surface area contributed by atoms with Gasteiger partial charge in [0.15, 0.2) is 0 Å². The summed E-state index contributed by atoms with van der Waals surface area (Å²) < 4.78 is 0. The third-order valence-electron chi connectivity index (χ3n) is 4.06. The molecule has 2 fully saturated rings. The molecule has 2 aliphatic heterocycles. The topological polar surface area (TPSA) is 28.2 Å². The van der Waals surface area contributed by atoms with Crippen LogP contribution in [0.4, 0.5) is 0 Å². The number of fused-ring (bicyclic) bond motifs is 1. The Morgan fingerprint density at radius 1 is 1.47 bits per heavy atom. The average molecular weight is 251 g/mol. The summed E-state index contributed by atoms with van der Waals surface area (Å²) >= 11 is 1.75. The maximum absolute atomic E-state index is 4.51. The number of aryl methyl sites for hydroxylation is 1. The van der Waals surface area contributed by atoms with Crippen molar-refractivity contribution in [1.82, 2.24) is 15.2 Å². The monoisotopic (exact) mass is 251 g/mol. The van der Waals surface area contributed by atoms with Crippen molar-refractivity contribution >= 4 is 11.3 Å². The van der Waals surface area contributed by atoms with Gasteiger partial charge in [0.1, 0.15) is 0 Å². The Hall–Kier alpha value is -0.450. The van der Waals surface area contributed by atoms with Crippen molar-refractivity contribution < 1.29 is 0 Å². The van der Waals surface area contributed by atoms with Crippen LogP contribution in [-0.4, -0.2) is 35.1 Å². The van der Waals surface area contributed by atoms with Gasteiger partial charge in [0.25, 0.3) is 0 Å². The fourth-order valence-electron chi connectivity index (χ4n) is 3.15. The highest BCUT2D eigenvalue weighted by Gasteiger charge is 2.31. The van der Waals surface area contributed by atoms with Crippen LogP contribution in [0.5, 0.6) is 0 Å². The molecule has 0 spiro atoms. The molecule has 1 aromatic rings. The molecule has 17 heavy (non-hydrogen) atoms. The molecule has 4 heteroatoms. The van der Waals surface area contributed by atoms with E-state index in [0.717, 1.165) is 12.6 Å². The molecule has 2 unspecified atom stereocenters. The first kappa shape index (κ1) is 11.6. The number of hydrogen-bond acceptors (Lipinski definition) is 4. The van der Waals surface area contributed by atoms with Gasteiger partial charge in [0, 0.05) is 24.0 Å². The van der Waals surface area contributed by atoms with Gasteiger partial charge < -0.3 is 10.2 Å². The summed E-state index contributed by atoms with van der Waals surface area (Å²) in [7, 11) is 0. The lowest BCUT2D eigenvalue weighted by Gasteiger charge is -2.35. The van der Waals surface area contributed by atoms with Crippen LogP contribution in [-0.2, 0) is 6.54 Å². The first-order chi connectivity index (χ1) is 8.31. The van der Waals surface area contributed by atoms with Crippen LogP contribution in [0.25, 0.3) is 0 Å². The van der Waals surface area contributed by atoms with Gasteiger partial charge in [-0.3, -0.25) is 0 Å². The zero-order valence-corrected chi connectivity index (χ0v) is 11.3. The molecule has 0 aliphatic carbocycles. The Morgan fingerprint density at radius 3 is 3.24 bits per heavy atom. The van der Waals surface area contributed by atoms with E-state index in [1.165, 1.54) is 49.5 Å². The Bertz CT molecular complexity index is 376. The number of rotatable bonds is 3. The molecule has 1 N–H and O–H groups in total. The molecule has 0 bridgehead atoms. The van der Waals surface area contributed by atoms with E-state index < -0.39 is 0 Å². The summed E-state index contributed by atoms with van der Waals surface area (Å²) in [5.74, 6) is 0. The van der Waals surface area contributed by atoms with Crippen molar-refractivity contribution in [2.24, 2.45) is 0 Å². The van der Waals surface area contributed by atoms with Crippen LogP contribution in [0.3, 0.4) is 0 Å². The van der Waals surface area contributed by atoms with E-state index >= 15 is 0 Å². The van der Waals surface area contributed by atoms with Crippen molar-refractivity contribution in [1.29, 1.82) is 0 Å². The lowest BCUT2D eigenvalue weighted by atomic mass is 9.97. The van der Waals surface area contributed by atoms with Crippen LogP contribution >= 0.6 is 11.3 Å². The minimum atomic E-state index is 0.705. The van der Waals surface area contributed by atoms with Crippen molar-refractivity contribution in [3.8, 4) is 0 Å². The smallest absolute Gasteiger partial charge is 0.0897 e. The van der Waals surface area contributed by atoms with Gasteiger partial charge in [0.2, 0.25) is 0 Å². The summed E-state index contributed by atoms with van der Waals surface area (Å²) in [5.41, 5.74) is 1.21. The van der Waals surface area contributed by atoms with Crippen molar-refractivity contribution in [2.75, 3.05) is 13.1 Å². The van der Waals surface area contributed by atoms with Crippen molar-refractivity contribution in [2.45, 2.75) is 51.2 Å². The predicted octanol–water partition coefficient (Wildman–Crippen LogP) is 2.17. The van der Waals surface area contributed by atoms with E-state index in [0.29, 0.717) is 6.04 Å². The summed E-state index contributed by atoms with van der Waals surface area (Å²) in [6, 6.07) is 1.56. The molecule has 0 aromatic carbocycles. The molecule has 0 amide bonds. The fourth-order valence-corrected chi connectivity index (χ4v) is 3.76. The molecule has 2 atom stereocenters. The maximum Gasteiger partial charge on any atom is 0.0897 e. The third kappa shape index (κ3) is 2.69. The maximum atomic E-state index is 4.51. The molecular formula is C13H21N3S. The molecule has 94 valence electrons. The van der Waals surface area contributed by atoms with E-state index in [4.69, 9.17) is 0 Å². The van der Waals surface area contributed by atoms with Gasteiger partial charge in [-0.05, 0) is 45.7 Å². The van der Waals surface area contributed by atoms with Gasteiger partial charge in [-0.25, -0.2) is 4.98 Å². The number of piperidine rings is 1. The summed E-state index contributed by atoms with van der Waals surface area (Å²) in [4.78, 5) is 7.18. The van der Waals surface area contributed by atoms with Crippen LogP contribution in [0, 0.1) is 6.92 Å². The van der Waals surface area contributed by atoms with Crippen LogP contribution in [0.2, 0.25) is 0 Å². The molecule has 0 radical (unpaired) electrons. The largest absolute Gasteiger partial charge is 0.308 e. The molecule has 3 heterocycles. The zero-order chi connectivity index (χ0) is 11.7. The molecule has 3 nitrogen and oxygen atoms in total. The normalized spacial score (nSPS) is 29.5. The Kier molecular flexibility index (Phi) is 3.45. The van der Waals surface area contributed by atoms with Crippen LogP contribution < -0.4 is 5.32 Å². The van der Waals surface area contributed by atoms with E-state index in [2.05, 4.69) is 27.5 Å². The molecule has 1 aromatic heterocycles. The van der Waals surface area contributed by atoms with E-state index in [1.807, 2.05) is 0 Å². The van der Waals surface area contributed by atoms with E-state index in [9.17, 15) is 0 Å². The summed E-state index contributed by atoms with van der Waals surface area (Å²) in [6.45, 7) is 5.65. The molecule has 0 saturated carbocycles. The second-order valence-electron chi connectivity index (χ2n) is 5.29. The molecule has 3 rings (SSSR count). The average Bonchev–Trinajstić information content (AvgIpc) is 2.94. The fraction of sp³-hybridized carbons (Fsp3) is 0.769. The highest BCUT2D eigenvalue weighted by atomic mass is 32.1. The lowest BCUT2D eigenvalue weighted by Crippen LogP contribution is -2.45. The van der Waals surface area contributed by atoms with E-state index in [1.54, 1.807) is 11.3 Å². The second-order valence-corrected chi connectivity index (χ2v) is 6.35.